The second kappa shape index (κ2) is 11.2. The van der Waals surface area contributed by atoms with Gasteiger partial charge in [-0.05, 0) is 36.4 Å². The molecule has 9 nitrogen and oxygen atoms in total. The van der Waals surface area contributed by atoms with Crippen LogP contribution < -0.4 is 15.0 Å². The van der Waals surface area contributed by atoms with Gasteiger partial charge in [0.15, 0.2) is 0 Å². The summed E-state index contributed by atoms with van der Waals surface area (Å²) in [7, 11) is -1.87. The van der Waals surface area contributed by atoms with Crippen molar-refractivity contribution in [1.29, 1.82) is 0 Å². The fourth-order valence-corrected chi connectivity index (χ4v) is 5.66. The number of carbonyl (C=O) groups excluding carboxylic acids is 1. The normalized spacial score (nSPS) is 18.0. The molecule has 0 radical (unpaired) electrons. The summed E-state index contributed by atoms with van der Waals surface area (Å²) in [5.74, 6) is 0.676. The quantitative estimate of drug-likeness (QED) is 0.598. The first-order chi connectivity index (χ1) is 16.5. The van der Waals surface area contributed by atoms with Crippen LogP contribution in [0.15, 0.2) is 53.4 Å². The van der Waals surface area contributed by atoms with E-state index in [-0.39, 0.29) is 10.8 Å². The SMILES string of the molecule is COc1ccccc1N1CCN(CCNC(=O)c2ccc(S(=O)(=O)N3CCOCC3)cc2)CC1. The van der Waals surface area contributed by atoms with Crippen molar-refractivity contribution in [3.05, 3.63) is 54.1 Å². The minimum atomic E-state index is -3.56. The van der Waals surface area contributed by atoms with E-state index >= 15 is 0 Å². The maximum atomic E-state index is 12.7. The van der Waals surface area contributed by atoms with Crippen LogP contribution in [0, 0.1) is 0 Å². The molecule has 2 saturated heterocycles. The zero-order valence-electron chi connectivity index (χ0n) is 19.5. The lowest BCUT2D eigenvalue weighted by molar-refractivity contribution is 0.0730. The molecule has 0 unspecified atom stereocenters. The highest BCUT2D eigenvalue weighted by molar-refractivity contribution is 7.89. The van der Waals surface area contributed by atoms with E-state index in [9.17, 15) is 13.2 Å². The molecule has 34 heavy (non-hydrogen) atoms. The summed E-state index contributed by atoms with van der Waals surface area (Å²) in [6.45, 7) is 6.38. The van der Waals surface area contributed by atoms with E-state index in [4.69, 9.17) is 9.47 Å². The molecule has 2 aromatic carbocycles. The van der Waals surface area contributed by atoms with E-state index in [1.165, 1.54) is 16.4 Å². The molecule has 4 rings (SSSR count). The molecular formula is C24H32N4O5S. The standard InChI is InChI=1S/C24H32N4O5S/c1-32-23-5-3-2-4-22(23)27-14-12-26(13-15-27)11-10-25-24(29)20-6-8-21(9-7-20)34(30,31)28-16-18-33-19-17-28/h2-9H,10-19H2,1H3,(H,25,29). The number of carbonyl (C=O) groups is 1. The highest BCUT2D eigenvalue weighted by Crippen LogP contribution is 2.28. The lowest BCUT2D eigenvalue weighted by atomic mass is 10.2. The first-order valence-electron chi connectivity index (χ1n) is 11.6. The number of piperazine rings is 1. The van der Waals surface area contributed by atoms with E-state index in [0.29, 0.717) is 38.4 Å². The largest absolute Gasteiger partial charge is 0.495 e. The van der Waals surface area contributed by atoms with Gasteiger partial charge in [-0.2, -0.15) is 4.31 Å². The van der Waals surface area contributed by atoms with Crippen molar-refractivity contribution in [3.8, 4) is 5.75 Å². The Morgan fingerprint density at radius 2 is 1.65 bits per heavy atom. The lowest BCUT2D eigenvalue weighted by Crippen LogP contribution is -2.48. The molecule has 2 heterocycles. The third-order valence-corrected chi connectivity index (χ3v) is 8.15. The summed E-state index contributed by atoms with van der Waals surface area (Å²) in [4.78, 5) is 17.4. The molecule has 0 bridgehead atoms. The minimum absolute atomic E-state index is 0.193. The van der Waals surface area contributed by atoms with E-state index in [1.807, 2.05) is 18.2 Å². The van der Waals surface area contributed by atoms with Gasteiger partial charge in [0.05, 0.1) is 30.9 Å². The topological polar surface area (TPSA) is 91.4 Å². The Labute approximate surface area is 201 Å². The molecule has 2 aromatic rings. The number of ether oxygens (including phenoxy) is 2. The maximum Gasteiger partial charge on any atom is 0.251 e. The molecule has 1 N–H and O–H groups in total. The molecule has 1 amide bonds. The van der Waals surface area contributed by atoms with E-state index in [2.05, 4.69) is 21.2 Å². The first kappa shape index (κ1) is 24.5. The van der Waals surface area contributed by atoms with Crippen molar-refractivity contribution >= 4 is 21.6 Å². The van der Waals surface area contributed by atoms with Crippen LogP contribution in [0.4, 0.5) is 5.69 Å². The molecule has 2 aliphatic heterocycles. The van der Waals surface area contributed by atoms with Crippen LogP contribution in [0.1, 0.15) is 10.4 Å². The number of anilines is 1. The maximum absolute atomic E-state index is 12.7. The number of methoxy groups -OCH3 is 1. The highest BCUT2D eigenvalue weighted by Gasteiger charge is 2.26. The van der Waals surface area contributed by atoms with Gasteiger partial charge >= 0.3 is 0 Å². The van der Waals surface area contributed by atoms with Gasteiger partial charge in [-0.25, -0.2) is 8.42 Å². The molecule has 0 atom stereocenters. The number of amides is 1. The fourth-order valence-electron chi connectivity index (χ4n) is 4.25. The fraction of sp³-hybridized carbons (Fsp3) is 0.458. The Balaban J connectivity index is 1.23. The van der Waals surface area contributed by atoms with Crippen LogP contribution in [0.2, 0.25) is 0 Å². The van der Waals surface area contributed by atoms with Crippen molar-refractivity contribution in [1.82, 2.24) is 14.5 Å². The number of para-hydroxylation sites is 2. The second-order valence-electron chi connectivity index (χ2n) is 8.30. The van der Waals surface area contributed by atoms with Gasteiger partial charge < -0.3 is 19.7 Å². The molecule has 0 spiro atoms. The number of nitrogens with zero attached hydrogens (tertiary/aromatic N) is 3. The number of benzene rings is 2. The first-order valence-corrected chi connectivity index (χ1v) is 13.0. The summed E-state index contributed by atoms with van der Waals surface area (Å²) >= 11 is 0. The molecular weight excluding hydrogens is 456 g/mol. The molecule has 0 aliphatic carbocycles. The minimum Gasteiger partial charge on any atom is -0.495 e. The van der Waals surface area contributed by atoms with E-state index < -0.39 is 10.0 Å². The van der Waals surface area contributed by atoms with Gasteiger partial charge in [-0.1, -0.05) is 12.1 Å². The van der Waals surface area contributed by atoms with Gasteiger partial charge in [-0.3, -0.25) is 9.69 Å². The van der Waals surface area contributed by atoms with Gasteiger partial charge in [0.2, 0.25) is 10.0 Å². The predicted molar refractivity (Wildman–Crippen MR) is 130 cm³/mol. The molecule has 184 valence electrons. The van der Waals surface area contributed by atoms with Gasteiger partial charge in [0.1, 0.15) is 5.75 Å². The Kier molecular flexibility index (Phi) is 8.04. The lowest BCUT2D eigenvalue weighted by Gasteiger charge is -2.36. The zero-order valence-corrected chi connectivity index (χ0v) is 20.3. The molecule has 10 heteroatoms. The van der Waals surface area contributed by atoms with Crippen LogP contribution >= 0.6 is 0 Å². The highest BCUT2D eigenvalue weighted by atomic mass is 32.2. The second-order valence-corrected chi connectivity index (χ2v) is 10.2. The monoisotopic (exact) mass is 488 g/mol. The van der Waals surface area contributed by atoms with Crippen molar-refractivity contribution in [3.63, 3.8) is 0 Å². The predicted octanol–water partition coefficient (Wildman–Crippen LogP) is 1.27. The van der Waals surface area contributed by atoms with Crippen molar-refractivity contribution in [2.75, 3.05) is 77.6 Å². The third kappa shape index (κ3) is 5.69. The van der Waals surface area contributed by atoms with Crippen LogP contribution in [-0.2, 0) is 14.8 Å². The number of hydrogen-bond acceptors (Lipinski definition) is 7. The van der Waals surface area contributed by atoms with E-state index in [1.54, 1.807) is 19.2 Å². The number of hydrogen-bond donors (Lipinski definition) is 1. The Morgan fingerprint density at radius 1 is 0.971 bits per heavy atom. The average Bonchev–Trinajstić information content (AvgIpc) is 2.89. The van der Waals surface area contributed by atoms with Crippen molar-refractivity contribution < 1.29 is 22.7 Å². The average molecular weight is 489 g/mol. The van der Waals surface area contributed by atoms with Gasteiger partial charge in [-0.15, -0.1) is 0 Å². The molecule has 2 aliphatic rings. The number of nitrogens with one attached hydrogen (secondary N) is 1. The molecule has 0 saturated carbocycles. The van der Waals surface area contributed by atoms with Gasteiger partial charge in [0.25, 0.3) is 5.91 Å². The summed E-state index contributed by atoms with van der Waals surface area (Å²) in [6.07, 6.45) is 0. The summed E-state index contributed by atoms with van der Waals surface area (Å²) < 4.78 is 37.6. The van der Waals surface area contributed by atoms with Crippen molar-refractivity contribution in [2.24, 2.45) is 0 Å². The smallest absolute Gasteiger partial charge is 0.251 e. The number of sulfonamides is 1. The Bertz CT molecular complexity index is 1060. The Hall–Kier alpha value is -2.66. The molecule has 0 aromatic heterocycles. The third-order valence-electron chi connectivity index (χ3n) is 6.24. The van der Waals surface area contributed by atoms with Crippen LogP contribution in [-0.4, -0.2) is 96.2 Å². The molecule has 2 fully saturated rings. The van der Waals surface area contributed by atoms with Crippen LogP contribution in [0.3, 0.4) is 0 Å². The zero-order chi connectivity index (χ0) is 24.0. The number of rotatable bonds is 8. The van der Waals surface area contributed by atoms with Crippen molar-refractivity contribution in [2.45, 2.75) is 4.90 Å². The number of morpholine rings is 1. The summed E-state index contributed by atoms with van der Waals surface area (Å²) in [5.41, 5.74) is 1.55. The summed E-state index contributed by atoms with van der Waals surface area (Å²) in [6, 6.07) is 14.2. The summed E-state index contributed by atoms with van der Waals surface area (Å²) in [5, 5.41) is 2.94. The van der Waals surface area contributed by atoms with Crippen LogP contribution in [0.25, 0.3) is 0 Å². The van der Waals surface area contributed by atoms with Crippen LogP contribution in [0.5, 0.6) is 5.75 Å². The van der Waals surface area contributed by atoms with Gasteiger partial charge in [0, 0.05) is 57.9 Å². The Morgan fingerprint density at radius 3 is 2.32 bits per heavy atom. The van der Waals surface area contributed by atoms with E-state index in [0.717, 1.165) is 44.2 Å².